The van der Waals surface area contributed by atoms with E-state index in [1.807, 2.05) is 14.0 Å². The smallest absolute Gasteiger partial charge is 0.191 e. The number of furan rings is 1. The Morgan fingerprint density at radius 2 is 2.32 bits per heavy atom. The summed E-state index contributed by atoms with van der Waals surface area (Å²) in [4.78, 5) is 8.55. The van der Waals surface area contributed by atoms with Gasteiger partial charge in [0.05, 0.1) is 12.8 Å². The third-order valence-electron chi connectivity index (χ3n) is 3.18. The van der Waals surface area contributed by atoms with Gasteiger partial charge in [0.25, 0.3) is 0 Å². The second kappa shape index (κ2) is 7.08. The molecule has 0 aliphatic rings. The Bertz CT molecular complexity index is 603. The molecule has 8 heteroatoms. The number of hydrogen-bond acceptors (Lipinski definition) is 5. The maximum Gasteiger partial charge on any atom is 0.191 e. The molecule has 0 fully saturated rings. The molecule has 1 unspecified atom stereocenters. The highest BCUT2D eigenvalue weighted by Crippen LogP contribution is 2.19. The quantitative estimate of drug-likeness (QED) is 0.527. The van der Waals surface area contributed by atoms with Crippen molar-refractivity contribution in [1.82, 2.24) is 25.4 Å². The highest BCUT2D eigenvalue weighted by molar-refractivity contribution is 5.79. The molecule has 3 N–H and O–H groups in total. The number of aromatic nitrogens is 3. The van der Waals surface area contributed by atoms with Gasteiger partial charge in [0, 0.05) is 13.6 Å². The number of rotatable bonds is 6. The van der Waals surface area contributed by atoms with Crippen molar-refractivity contribution < 1.29 is 9.52 Å². The largest absolute Gasteiger partial charge is 0.466 e. The summed E-state index contributed by atoms with van der Waals surface area (Å²) in [6.07, 6.45) is 3.03. The maximum atomic E-state index is 10.4. The third-order valence-corrected chi connectivity index (χ3v) is 3.18. The van der Waals surface area contributed by atoms with Crippen LogP contribution in [-0.4, -0.2) is 38.9 Å². The van der Waals surface area contributed by atoms with E-state index in [1.165, 1.54) is 12.6 Å². The van der Waals surface area contributed by atoms with E-state index in [9.17, 15) is 5.11 Å². The summed E-state index contributed by atoms with van der Waals surface area (Å²) in [5.74, 6) is 1.86. The highest BCUT2D eigenvalue weighted by Gasteiger charge is 2.26. The molecule has 0 saturated heterocycles. The van der Waals surface area contributed by atoms with Crippen LogP contribution in [0.25, 0.3) is 0 Å². The van der Waals surface area contributed by atoms with E-state index in [4.69, 9.17) is 4.42 Å². The van der Waals surface area contributed by atoms with Crippen LogP contribution in [0, 0.1) is 0 Å². The molecule has 1 atom stereocenters. The lowest BCUT2D eigenvalue weighted by molar-refractivity contribution is 0.0386. The lowest BCUT2D eigenvalue weighted by atomic mass is 10.0. The van der Waals surface area contributed by atoms with Crippen LogP contribution in [0.2, 0.25) is 0 Å². The molecule has 2 aromatic heterocycles. The SMILES string of the molecule is CCNC(=NCc1ncnn1C)NCC(C)(O)c1ccco1. The van der Waals surface area contributed by atoms with Crippen LogP contribution in [0.1, 0.15) is 25.4 Å². The van der Waals surface area contributed by atoms with E-state index in [0.717, 1.165) is 5.82 Å². The van der Waals surface area contributed by atoms with Crippen molar-refractivity contribution in [2.24, 2.45) is 12.0 Å². The Labute approximate surface area is 129 Å². The monoisotopic (exact) mass is 306 g/mol. The van der Waals surface area contributed by atoms with E-state index in [2.05, 4.69) is 25.7 Å². The predicted molar refractivity (Wildman–Crippen MR) is 82.1 cm³/mol. The van der Waals surface area contributed by atoms with E-state index >= 15 is 0 Å². The average Bonchev–Trinajstić information content (AvgIpc) is 3.14. The number of nitrogens with zero attached hydrogens (tertiary/aromatic N) is 4. The molecule has 8 nitrogen and oxygen atoms in total. The van der Waals surface area contributed by atoms with Gasteiger partial charge in [-0.05, 0) is 26.0 Å². The Balaban J connectivity index is 1.98. The topological polar surface area (TPSA) is 100 Å². The molecule has 2 aromatic rings. The minimum atomic E-state index is -1.12. The second-order valence-electron chi connectivity index (χ2n) is 5.10. The van der Waals surface area contributed by atoms with E-state index in [1.54, 1.807) is 23.7 Å². The number of aliphatic imine (C=N–C) groups is 1. The van der Waals surface area contributed by atoms with Gasteiger partial charge in [-0.2, -0.15) is 5.10 Å². The fourth-order valence-electron chi connectivity index (χ4n) is 1.88. The van der Waals surface area contributed by atoms with Crippen LogP contribution in [0.15, 0.2) is 34.1 Å². The van der Waals surface area contributed by atoms with Crippen LogP contribution >= 0.6 is 0 Å². The van der Waals surface area contributed by atoms with Gasteiger partial charge in [0.15, 0.2) is 5.96 Å². The molecule has 0 amide bonds. The van der Waals surface area contributed by atoms with Crippen LogP contribution in [0.3, 0.4) is 0 Å². The number of guanidine groups is 1. The molecular formula is C14H22N6O2. The fourth-order valence-corrected chi connectivity index (χ4v) is 1.88. The van der Waals surface area contributed by atoms with Crippen LogP contribution in [0.4, 0.5) is 0 Å². The first-order valence-electron chi connectivity index (χ1n) is 7.14. The maximum absolute atomic E-state index is 10.4. The molecule has 2 heterocycles. The first-order chi connectivity index (χ1) is 10.5. The van der Waals surface area contributed by atoms with Crippen molar-refractivity contribution in [3.63, 3.8) is 0 Å². The van der Waals surface area contributed by atoms with Crippen molar-refractivity contribution in [2.75, 3.05) is 13.1 Å². The van der Waals surface area contributed by atoms with Crippen molar-refractivity contribution in [3.8, 4) is 0 Å². The fraction of sp³-hybridized carbons (Fsp3) is 0.500. The summed E-state index contributed by atoms with van der Waals surface area (Å²) in [7, 11) is 1.82. The molecular weight excluding hydrogens is 284 g/mol. The van der Waals surface area contributed by atoms with Crippen molar-refractivity contribution in [3.05, 3.63) is 36.3 Å². The minimum Gasteiger partial charge on any atom is -0.466 e. The lowest BCUT2D eigenvalue weighted by Crippen LogP contribution is -2.44. The summed E-state index contributed by atoms with van der Waals surface area (Å²) >= 11 is 0. The molecule has 0 aliphatic carbocycles. The van der Waals surface area contributed by atoms with Gasteiger partial charge in [0.1, 0.15) is 30.1 Å². The van der Waals surface area contributed by atoms with Crippen LogP contribution in [0.5, 0.6) is 0 Å². The molecule has 2 rings (SSSR count). The highest BCUT2D eigenvalue weighted by atomic mass is 16.4. The van der Waals surface area contributed by atoms with Crippen molar-refractivity contribution in [1.29, 1.82) is 0 Å². The predicted octanol–water partition coefficient (Wildman–Crippen LogP) is 0.371. The molecule has 0 spiro atoms. The average molecular weight is 306 g/mol. The van der Waals surface area contributed by atoms with Gasteiger partial charge < -0.3 is 20.2 Å². The molecule has 0 bridgehead atoms. The zero-order chi connectivity index (χ0) is 16.0. The Kier molecular flexibility index (Phi) is 5.16. The number of aliphatic hydroxyl groups is 1. The van der Waals surface area contributed by atoms with Gasteiger partial charge >= 0.3 is 0 Å². The van der Waals surface area contributed by atoms with Crippen LogP contribution in [-0.2, 0) is 19.2 Å². The summed E-state index contributed by atoms with van der Waals surface area (Å²) in [5.41, 5.74) is -1.12. The van der Waals surface area contributed by atoms with Gasteiger partial charge in [-0.1, -0.05) is 0 Å². The first kappa shape index (κ1) is 16.0. The summed E-state index contributed by atoms with van der Waals surface area (Å²) in [5, 5.41) is 20.6. The van der Waals surface area contributed by atoms with Gasteiger partial charge in [-0.25, -0.2) is 9.98 Å². The molecule has 0 aliphatic heterocycles. The van der Waals surface area contributed by atoms with E-state index in [0.29, 0.717) is 24.8 Å². The summed E-state index contributed by atoms with van der Waals surface area (Å²) < 4.78 is 6.93. The molecule has 0 aromatic carbocycles. The number of aryl methyl sites for hydroxylation is 1. The molecule has 0 saturated carbocycles. The zero-order valence-corrected chi connectivity index (χ0v) is 13.1. The Morgan fingerprint density at radius 1 is 1.50 bits per heavy atom. The Morgan fingerprint density at radius 3 is 2.91 bits per heavy atom. The van der Waals surface area contributed by atoms with Gasteiger partial charge in [-0.3, -0.25) is 4.68 Å². The number of hydrogen-bond donors (Lipinski definition) is 3. The second-order valence-corrected chi connectivity index (χ2v) is 5.10. The summed E-state index contributed by atoms with van der Waals surface area (Å²) in [6.45, 7) is 5.04. The van der Waals surface area contributed by atoms with Crippen LogP contribution < -0.4 is 10.6 Å². The first-order valence-corrected chi connectivity index (χ1v) is 7.14. The van der Waals surface area contributed by atoms with Gasteiger partial charge in [0.2, 0.25) is 0 Å². The molecule has 0 radical (unpaired) electrons. The van der Waals surface area contributed by atoms with E-state index < -0.39 is 5.60 Å². The lowest BCUT2D eigenvalue weighted by Gasteiger charge is -2.22. The standard InChI is InChI=1S/C14H22N6O2/c1-4-15-13(16-8-12-18-10-19-20(12)3)17-9-14(2,21)11-6-5-7-22-11/h5-7,10,21H,4,8-9H2,1-3H3,(H2,15,16,17). The van der Waals surface area contributed by atoms with Gasteiger partial charge in [-0.15, -0.1) is 0 Å². The molecule has 120 valence electrons. The zero-order valence-electron chi connectivity index (χ0n) is 13.1. The Hall–Kier alpha value is -2.35. The van der Waals surface area contributed by atoms with Crippen molar-refractivity contribution >= 4 is 5.96 Å². The number of nitrogens with one attached hydrogen (secondary N) is 2. The normalized spacial score (nSPS) is 14.6. The van der Waals surface area contributed by atoms with Crippen molar-refractivity contribution in [2.45, 2.75) is 26.0 Å². The third kappa shape index (κ3) is 4.08. The minimum absolute atomic E-state index is 0.269. The molecule has 22 heavy (non-hydrogen) atoms. The summed E-state index contributed by atoms with van der Waals surface area (Å²) in [6, 6.07) is 3.49. The van der Waals surface area contributed by atoms with E-state index in [-0.39, 0.29) is 6.54 Å².